The van der Waals surface area contributed by atoms with E-state index in [-0.39, 0.29) is 0 Å². The van der Waals surface area contributed by atoms with Gasteiger partial charge in [-0.15, -0.1) is 0 Å². The second-order valence-electron chi connectivity index (χ2n) is 4.85. The van der Waals surface area contributed by atoms with Gasteiger partial charge in [0.25, 0.3) is 0 Å². The summed E-state index contributed by atoms with van der Waals surface area (Å²) in [5, 5.41) is 13.8. The van der Waals surface area contributed by atoms with Crippen LogP contribution in [0.25, 0.3) is 5.82 Å². The highest BCUT2D eigenvalue weighted by atomic mass is 127. The van der Waals surface area contributed by atoms with Crippen molar-refractivity contribution < 1.29 is 4.79 Å². The van der Waals surface area contributed by atoms with Crippen molar-refractivity contribution in [2.75, 3.05) is 0 Å². The molecule has 2 aromatic heterocycles. The SMILES string of the molecule is Cc1c(I)cnc(-n2cc(C=O)c(C3CC3)n2)c1C#N. The average molecular weight is 378 g/mol. The van der Waals surface area contributed by atoms with Crippen LogP contribution < -0.4 is 0 Å². The number of aldehydes is 1. The Morgan fingerprint density at radius 3 is 2.90 bits per heavy atom. The van der Waals surface area contributed by atoms with Gasteiger partial charge in [0, 0.05) is 21.9 Å². The number of rotatable bonds is 3. The van der Waals surface area contributed by atoms with Crippen LogP contribution in [-0.4, -0.2) is 21.1 Å². The Kier molecular flexibility index (Phi) is 3.30. The van der Waals surface area contributed by atoms with Crippen LogP contribution in [0.15, 0.2) is 12.4 Å². The minimum atomic E-state index is 0.381. The molecule has 0 radical (unpaired) electrons. The summed E-state index contributed by atoms with van der Waals surface area (Å²) in [5.74, 6) is 0.868. The van der Waals surface area contributed by atoms with Crippen molar-refractivity contribution in [2.24, 2.45) is 0 Å². The Morgan fingerprint density at radius 1 is 1.55 bits per heavy atom. The van der Waals surface area contributed by atoms with Crippen molar-refractivity contribution in [3.63, 3.8) is 0 Å². The molecule has 5 nitrogen and oxygen atoms in total. The molecule has 20 heavy (non-hydrogen) atoms. The van der Waals surface area contributed by atoms with Crippen LogP contribution in [0.4, 0.5) is 0 Å². The Bertz CT molecular complexity index is 740. The molecule has 3 rings (SSSR count). The van der Waals surface area contributed by atoms with Crippen LogP contribution >= 0.6 is 22.6 Å². The van der Waals surface area contributed by atoms with Gasteiger partial charge in [0.05, 0.1) is 11.3 Å². The molecule has 2 aromatic rings. The Morgan fingerprint density at radius 2 is 2.30 bits per heavy atom. The van der Waals surface area contributed by atoms with E-state index in [1.807, 2.05) is 6.92 Å². The minimum Gasteiger partial charge on any atom is -0.298 e. The van der Waals surface area contributed by atoms with Crippen LogP contribution in [0.2, 0.25) is 0 Å². The van der Waals surface area contributed by atoms with Crippen LogP contribution in [0.3, 0.4) is 0 Å². The molecule has 0 spiro atoms. The van der Waals surface area contributed by atoms with Crippen molar-refractivity contribution in [2.45, 2.75) is 25.7 Å². The third-order valence-corrected chi connectivity index (χ3v) is 4.54. The molecule has 2 heterocycles. The van der Waals surface area contributed by atoms with Crippen LogP contribution in [0.1, 0.15) is 45.9 Å². The summed E-state index contributed by atoms with van der Waals surface area (Å²) in [6.45, 7) is 1.89. The summed E-state index contributed by atoms with van der Waals surface area (Å²) in [7, 11) is 0. The quantitative estimate of drug-likeness (QED) is 0.608. The van der Waals surface area contributed by atoms with E-state index >= 15 is 0 Å². The minimum absolute atomic E-state index is 0.381. The molecule has 1 aliphatic carbocycles. The normalized spacial score (nSPS) is 14.1. The predicted molar refractivity (Wildman–Crippen MR) is 80.9 cm³/mol. The molecule has 1 aliphatic rings. The molecule has 6 heteroatoms. The van der Waals surface area contributed by atoms with Gasteiger partial charge in [0.2, 0.25) is 0 Å². The number of hydrogen-bond acceptors (Lipinski definition) is 4. The average Bonchev–Trinajstić information content (AvgIpc) is 3.21. The van der Waals surface area contributed by atoms with Gasteiger partial charge in [-0.1, -0.05) is 0 Å². The van der Waals surface area contributed by atoms with Gasteiger partial charge in [0.15, 0.2) is 12.1 Å². The van der Waals surface area contributed by atoms with Gasteiger partial charge < -0.3 is 0 Å². The van der Waals surface area contributed by atoms with Crippen molar-refractivity contribution in [3.8, 4) is 11.9 Å². The second-order valence-corrected chi connectivity index (χ2v) is 6.01. The zero-order chi connectivity index (χ0) is 14.3. The van der Waals surface area contributed by atoms with E-state index in [9.17, 15) is 10.1 Å². The predicted octanol–water partition coefficient (Wildman–Crippen LogP) is 2.74. The molecule has 0 saturated heterocycles. The van der Waals surface area contributed by atoms with Crippen LogP contribution in [0.5, 0.6) is 0 Å². The first-order chi connectivity index (χ1) is 9.65. The monoisotopic (exact) mass is 378 g/mol. The number of nitrogens with zero attached hydrogens (tertiary/aromatic N) is 4. The van der Waals surface area contributed by atoms with E-state index in [0.717, 1.165) is 34.0 Å². The van der Waals surface area contributed by atoms with Gasteiger partial charge in [-0.2, -0.15) is 10.4 Å². The molecule has 0 bridgehead atoms. The molecular formula is C14H11IN4O. The van der Waals surface area contributed by atoms with Gasteiger partial charge in [-0.25, -0.2) is 9.67 Å². The number of pyridine rings is 1. The second kappa shape index (κ2) is 4.98. The largest absolute Gasteiger partial charge is 0.298 e. The molecule has 0 N–H and O–H groups in total. The smallest absolute Gasteiger partial charge is 0.171 e. The van der Waals surface area contributed by atoms with E-state index in [2.05, 4.69) is 38.7 Å². The van der Waals surface area contributed by atoms with E-state index in [0.29, 0.717) is 22.9 Å². The van der Waals surface area contributed by atoms with Crippen molar-refractivity contribution in [1.29, 1.82) is 5.26 Å². The summed E-state index contributed by atoms with van der Waals surface area (Å²) in [6.07, 6.45) is 6.34. The molecule has 0 unspecified atom stereocenters. The van der Waals surface area contributed by atoms with Crippen LogP contribution in [0, 0.1) is 21.8 Å². The summed E-state index contributed by atoms with van der Waals surface area (Å²) in [5.41, 5.74) is 2.80. The maximum Gasteiger partial charge on any atom is 0.171 e. The first-order valence-corrected chi connectivity index (χ1v) is 7.34. The Labute approximate surface area is 129 Å². The highest BCUT2D eigenvalue weighted by Gasteiger charge is 2.29. The molecule has 0 amide bonds. The van der Waals surface area contributed by atoms with Gasteiger partial charge in [-0.3, -0.25) is 4.79 Å². The fourth-order valence-corrected chi connectivity index (χ4v) is 2.56. The maximum atomic E-state index is 11.1. The topological polar surface area (TPSA) is 71.6 Å². The Hall–Kier alpha value is -1.75. The highest BCUT2D eigenvalue weighted by molar-refractivity contribution is 14.1. The zero-order valence-corrected chi connectivity index (χ0v) is 13.0. The lowest BCUT2D eigenvalue weighted by molar-refractivity contribution is 0.112. The molecule has 0 aromatic carbocycles. The summed E-state index contributed by atoms with van der Waals surface area (Å²) in [6, 6.07) is 2.18. The number of hydrogen-bond donors (Lipinski definition) is 0. The van der Waals surface area contributed by atoms with Crippen molar-refractivity contribution >= 4 is 28.9 Å². The number of nitriles is 1. The van der Waals surface area contributed by atoms with E-state index in [4.69, 9.17) is 0 Å². The van der Waals surface area contributed by atoms with E-state index in [1.165, 1.54) is 0 Å². The number of aromatic nitrogens is 3. The summed E-state index contributed by atoms with van der Waals surface area (Å²) >= 11 is 2.15. The molecule has 0 aliphatic heterocycles. The third kappa shape index (κ3) is 2.12. The number of carbonyl (C=O) groups is 1. The van der Waals surface area contributed by atoms with Gasteiger partial charge >= 0.3 is 0 Å². The molecule has 1 saturated carbocycles. The lowest BCUT2D eigenvalue weighted by atomic mass is 10.1. The fourth-order valence-electron chi connectivity index (χ4n) is 2.15. The highest BCUT2D eigenvalue weighted by Crippen LogP contribution is 2.40. The van der Waals surface area contributed by atoms with Crippen molar-refractivity contribution in [1.82, 2.24) is 14.8 Å². The fraction of sp³-hybridized carbons (Fsp3) is 0.286. The number of carbonyl (C=O) groups excluding carboxylic acids is 1. The van der Waals surface area contributed by atoms with Crippen LogP contribution in [-0.2, 0) is 0 Å². The standard InChI is InChI=1S/C14H11IN4O/c1-8-11(4-16)14(17-5-12(8)15)19-6-10(7-20)13(18-19)9-2-3-9/h5-7,9H,2-3H2,1H3. The number of halogens is 1. The van der Waals surface area contributed by atoms with E-state index in [1.54, 1.807) is 17.1 Å². The zero-order valence-electron chi connectivity index (χ0n) is 10.8. The summed E-state index contributed by atoms with van der Waals surface area (Å²) in [4.78, 5) is 15.4. The maximum absolute atomic E-state index is 11.1. The molecule has 100 valence electrons. The Balaban J connectivity index is 2.16. The summed E-state index contributed by atoms with van der Waals surface area (Å²) < 4.78 is 2.49. The van der Waals surface area contributed by atoms with E-state index < -0.39 is 0 Å². The van der Waals surface area contributed by atoms with Gasteiger partial charge in [-0.05, 0) is 47.9 Å². The van der Waals surface area contributed by atoms with Crippen molar-refractivity contribution in [3.05, 3.63) is 38.3 Å². The molecule has 0 atom stereocenters. The molecule has 1 fully saturated rings. The van der Waals surface area contributed by atoms with Gasteiger partial charge in [0.1, 0.15) is 11.6 Å². The molecular weight excluding hydrogens is 367 g/mol. The lowest BCUT2D eigenvalue weighted by Gasteiger charge is -2.06. The first kappa shape index (κ1) is 13.2. The lowest BCUT2D eigenvalue weighted by Crippen LogP contribution is -2.05. The third-order valence-electron chi connectivity index (χ3n) is 3.45. The first-order valence-electron chi connectivity index (χ1n) is 6.26.